The molecule has 7 heteroatoms. The fourth-order valence-corrected chi connectivity index (χ4v) is 3.69. The van der Waals surface area contributed by atoms with Gasteiger partial charge in [0, 0.05) is 22.8 Å². The second-order valence-corrected chi connectivity index (χ2v) is 6.97. The Morgan fingerprint density at radius 2 is 2.15 bits per heavy atom. The third kappa shape index (κ3) is 3.26. The van der Waals surface area contributed by atoms with E-state index in [0.29, 0.717) is 29.0 Å². The molecule has 138 valence electrons. The largest absolute Gasteiger partial charge is 0.322 e. The van der Waals surface area contributed by atoms with Crippen LogP contribution in [0.25, 0.3) is 0 Å². The number of nitrogens with one attached hydrogen (secondary N) is 1. The molecule has 2 amide bonds. The number of carbonyl (C=O) groups excluding carboxylic acids is 1. The lowest BCUT2D eigenvalue weighted by atomic mass is 9.89. The van der Waals surface area contributed by atoms with Crippen molar-refractivity contribution >= 4 is 23.3 Å². The van der Waals surface area contributed by atoms with Gasteiger partial charge in [0.05, 0.1) is 11.7 Å². The number of nitrogens with zero attached hydrogens (tertiary/aromatic N) is 2. The average molecular weight is 380 g/mol. The molecule has 3 rings (SSSR count). The van der Waals surface area contributed by atoms with Crippen LogP contribution >= 0.6 is 11.6 Å². The smallest absolute Gasteiger partial charge is 0.314 e. The van der Waals surface area contributed by atoms with Gasteiger partial charge in [0.25, 0.3) is 0 Å². The topological polar surface area (TPSA) is 45.2 Å². The molecule has 2 unspecified atom stereocenters. The molecule has 0 bridgehead atoms. The minimum atomic E-state index is -0.548. The summed E-state index contributed by atoms with van der Waals surface area (Å²) in [4.78, 5) is 18.2. The molecule has 1 aliphatic heterocycles. The van der Waals surface area contributed by atoms with Crippen molar-refractivity contribution in [2.45, 2.75) is 45.7 Å². The number of amides is 2. The van der Waals surface area contributed by atoms with Crippen LogP contribution in [-0.4, -0.2) is 22.0 Å². The minimum absolute atomic E-state index is 0.0272. The van der Waals surface area contributed by atoms with E-state index >= 15 is 0 Å². The van der Waals surface area contributed by atoms with Gasteiger partial charge in [0.1, 0.15) is 5.82 Å². The maximum Gasteiger partial charge on any atom is 0.322 e. The molecule has 0 saturated heterocycles. The molecule has 1 aromatic carbocycles. The van der Waals surface area contributed by atoms with E-state index < -0.39 is 17.8 Å². The normalized spacial score (nSPS) is 19.2. The van der Waals surface area contributed by atoms with Gasteiger partial charge in [-0.3, -0.25) is 0 Å². The quantitative estimate of drug-likeness (QED) is 0.724. The van der Waals surface area contributed by atoms with Crippen molar-refractivity contribution in [3.8, 4) is 0 Å². The highest BCUT2D eigenvalue weighted by Crippen LogP contribution is 2.36. The van der Waals surface area contributed by atoms with E-state index in [1.54, 1.807) is 17.9 Å². The highest BCUT2D eigenvalue weighted by Gasteiger charge is 2.36. The Balaban J connectivity index is 1.93. The van der Waals surface area contributed by atoms with Gasteiger partial charge < -0.3 is 10.2 Å². The predicted molar refractivity (Wildman–Crippen MR) is 97.4 cm³/mol. The molecule has 26 heavy (non-hydrogen) atoms. The summed E-state index contributed by atoms with van der Waals surface area (Å²) in [7, 11) is 0. The zero-order valence-corrected chi connectivity index (χ0v) is 15.6. The first-order valence-corrected chi connectivity index (χ1v) is 8.89. The highest BCUT2D eigenvalue weighted by atomic mass is 35.5. The summed E-state index contributed by atoms with van der Waals surface area (Å²) < 4.78 is 28.2. The number of pyridine rings is 1. The maximum absolute atomic E-state index is 14.2. The molecule has 0 fully saturated rings. The van der Waals surface area contributed by atoms with Gasteiger partial charge in [-0.05, 0) is 56.0 Å². The molecule has 2 aromatic rings. The monoisotopic (exact) mass is 379 g/mol. The number of aromatic nitrogens is 1. The minimum Gasteiger partial charge on any atom is -0.314 e. The highest BCUT2D eigenvalue weighted by molar-refractivity contribution is 6.31. The molecule has 0 aliphatic carbocycles. The number of rotatable bonds is 2. The van der Waals surface area contributed by atoms with Crippen LogP contribution in [0.15, 0.2) is 24.4 Å². The first-order chi connectivity index (χ1) is 12.3. The van der Waals surface area contributed by atoms with E-state index in [0.717, 1.165) is 5.56 Å². The average Bonchev–Trinajstić information content (AvgIpc) is 2.59. The zero-order valence-electron chi connectivity index (χ0n) is 14.8. The van der Waals surface area contributed by atoms with E-state index in [1.807, 2.05) is 13.8 Å². The molecule has 1 aliphatic rings. The Morgan fingerprint density at radius 1 is 1.42 bits per heavy atom. The van der Waals surface area contributed by atoms with E-state index in [4.69, 9.17) is 11.6 Å². The molecule has 2 heterocycles. The van der Waals surface area contributed by atoms with Crippen LogP contribution in [0, 0.1) is 18.7 Å². The van der Waals surface area contributed by atoms with Crippen molar-refractivity contribution in [1.29, 1.82) is 0 Å². The van der Waals surface area contributed by atoms with E-state index in [-0.39, 0.29) is 17.8 Å². The number of fused-ring (bicyclic) bond motifs is 1. The van der Waals surface area contributed by atoms with Gasteiger partial charge in [-0.25, -0.2) is 14.2 Å². The lowest BCUT2D eigenvalue weighted by Gasteiger charge is -2.41. The number of carbonyl (C=O) groups is 1. The van der Waals surface area contributed by atoms with Gasteiger partial charge >= 0.3 is 6.03 Å². The fraction of sp³-hybridized carbons (Fsp3) is 0.368. The zero-order chi connectivity index (χ0) is 19.0. The molecule has 0 radical (unpaired) electrons. The fourth-order valence-electron chi connectivity index (χ4n) is 3.53. The van der Waals surface area contributed by atoms with Crippen LogP contribution in [0.5, 0.6) is 0 Å². The van der Waals surface area contributed by atoms with Crippen molar-refractivity contribution in [2.75, 3.05) is 5.32 Å². The first-order valence-electron chi connectivity index (χ1n) is 8.51. The van der Waals surface area contributed by atoms with Crippen LogP contribution < -0.4 is 5.32 Å². The van der Waals surface area contributed by atoms with E-state index in [2.05, 4.69) is 10.3 Å². The Hall–Kier alpha value is -2.21. The van der Waals surface area contributed by atoms with Crippen LogP contribution in [0.1, 0.15) is 43.0 Å². The second kappa shape index (κ2) is 7.19. The van der Waals surface area contributed by atoms with Crippen molar-refractivity contribution in [3.05, 3.63) is 57.9 Å². The molecular formula is C19H20ClF2N3O. The molecule has 0 saturated carbocycles. The lowest BCUT2D eigenvalue weighted by Crippen LogP contribution is -2.48. The van der Waals surface area contributed by atoms with Gasteiger partial charge in [-0.1, -0.05) is 18.5 Å². The summed E-state index contributed by atoms with van der Waals surface area (Å²) in [5.41, 5.74) is 1.91. The summed E-state index contributed by atoms with van der Waals surface area (Å²) in [6.45, 7) is 5.46. The van der Waals surface area contributed by atoms with Crippen LogP contribution in [0.3, 0.4) is 0 Å². The molecule has 0 spiro atoms. The Morgan fingerprint density at radius 3 is 2.85 bits per heavy atom. The summed E-state index contributed by atoms with van der Waals surface area (Å²) in [5, 5.41) is 2.98. The second-order valence-electron chi connectivity index (χ2n) is 6.57. The number of hydrogen-bond acceptors (Lipinski definition) is 2. The summed E-state index contributed by atoms with van der Waals surface area (Å²) >= 11 is 6.04. The van der Waals surface area contributed by atoms with Gasteiger partial charge in [0.15, 0.2) is 0 Å². The number of hydrogen-bond donors (Lipinski definition) is 1. The number of aryl methyl sites for hydroxylation is 1. The maximum atomic E-state index is 14.2. The summed E-state index contributed by atoms with van der Waals surface area (Å²) in [6.07, 6.45) is 2.36. The number of halogens is 3. The van der Waals surface area contributed by atoms with Crippen LogP contribution in [0.2, 0.25) is 5.02 Å². The summed E-state index contributed by atoms with van der Waals surface area (Å²) in [6, 6.07) is 3.42. The third-order valence-corrected chi connectivity index (χ3v) is 5.23. The Kier molecular flexibility index (Phi) is 5.14. The molecule has 1 aromatic heterocycles. The van der Waals surface area contributed by atoms with Gasteiger partial charge in [-0.2, -0.15) is 4.39 Å². The molecule has 1 N–H and O–H groups in total. The Bertz CT molecular complexity index is 859. The SMILES string of the molecule is CCC1c2ccnc(F)c2CC(C)N1C(=O)Nc1cc(Cl)c(C)cc1F. The molecule has 2 atom stereocenters. The standard InChI is InChI=1S/C19H20ClF2N3O/c1-4-17-12-5-6-23-18(22)13(12)8-11(3)25(17)19(26)24-16-9-14(20)10(2)7-15(16)21/h5-7,9,11,17H,4,8H2,1-3H3,(H,24,26). The van der Waals surface area contributed by atoms with Gasteiger partial charge in [-0.15, -0.1) is 0 Å². The van der Waals surface area contributed by atoms with Crippen molar-refractivity contribution in [1.82, 2.24) is 9.88 Å². The lowest BCUT2D eigenvalue weighted by molar-refractivity contribution is 0.147. The number of urea groups is 1. The van der Waals surface area contributed by atoms with Crippen LogP contribution in [-0.2, 0) is 6.42 Å². The summed E-state index contributed by atoms with van der Waals surface area (Å²) in [5.74, 6) is -1.04. The van der Waals surface area contributed by atoms with Crippen molar-refractivity contribution < 1.29 is 13.6 Å². The molecule has 4 nitrogen and oxygen atoms in total. The van der Waals surface area contributed by atoms with E-state index in [9.17, 15) is 13.6 Å². The van der Waals surface area contributed by atoms with E-state index in [1.165, 1.54) is 18.3 Å². The number of benzene rings is 1. The first kappa shape index (κ1) is 18.6. The predicted octanol–water partition coefficient (Wildman–Crippen LogP) is 5.25. The van der Waals surface area contributed by atoms with Crippen molar-refractivity contribution in [2.24, 2.45) is 0 Å². The van der Waals surface area contributed by atoms with Gasteiger partial charge in [0.2, 0.25) is 5.95 Å². The Labute approximate surface area is 156 Å². The van der Waals surface area contributed by atoms with Crippen LogP contribution in [0.4, 0.5) is 19.3 Å². The molecular weight excluding hydrogens is 360 g/mol. The number of anilines is 1. The van der Waals surface area contributed by atoms with Crippen molar-refractivity contribution in [3.63, 3.8) is 0 Å². The third-order valence-electron chi connectivity index (χ3n) is 4.82.